The molecule has 0 spiro atoms. The molecule has 1 fully saturated rings. The van der Waals surface area contributed by atoms with Gasteiger partial charge in [0.15, 0.2) is 0 Å². The Labute approximate surface area is 199 Å². The number of imidazole rings is 1. The monoisotopic (exact) mass is 479 g/mol. The quantitative estimate of drug-likeness (QED) is 0.423. The molecular weight excluding hydrogens is 450 g/mol. The predicted octanol–water partition coefficient (Wildman–Crippen LogP) is 3.13. The van der Waals surface area contributed by atoms with Crippen molar-refractivity contribution in [2.45, 2.75) is 11.3 Å². The van der Waals surface area contributed by atoms with E-state index in [0.29, 0.717) is 31.8 Å². The second-order valence-corrected chi connectivity index (χ2v) is 10.6. The SMILES string of the molecule is COCCN1CCCN(S(=O)(=O)c2ccc3c(c2)nc(-c2ccc4cccnc4c2)n3C)CC1. The Balaban J connectivity index is 1.44. The molecule has 0 unspecified atom stereocenters. The molecular formula is C25H29N5O3S. The molecule has 0 bridgehead atoms. The topological polar surface area (TPSA) is 80.6 Å². The molecule has 2 aromatic carbocycles. The highest BCUT2D eigenvalue weighted by Crippen LogP contribution is 2.28. The third-order valence-corrected chi connectivity index (χ3v) is 8.41. The van der Waals surface area contributed by atoms with Crippen LogP contribution in [0.1, 0.15) is 6.42 Å². The van der Waals surface area contributed by atoms with E-state index in [1.807, 2.05) is 48.0 Å². The van der Waals surface area contributed by atoms with Gasteiger partial charge in [-0.2, -0.15) is 4.31 Å². The van der Waals surface area contributed by atoms with Crippen LogP contribution in [0.2, 0.25) is 0 Å². The van der Waals surface area contributed by atoms with Crippen molar-refractivity contribution in [2.24, 2.45) is 7.05 Å². The first-order chi connectivity index (χ1) is 16.5. The Kier molecular flexibility index (Phi) is 6.35. The number of aryl methyl sites for hydroxylation is 1. The zero-order valence-electron chi connectivity index (χ0n) is 19.5. The second kappa shape index (κ2) is 9.42. The number of ether oxygens (including phenoxy) is 1. The molecule has 5 rings (SSSR count). The minimum Gasteiger partial charge on any atom is -0.383 e. The summed E-state index contributed by atoms with van der Waals surface area (Å²) < 4.78 is 35.7. The highest BCUT2D eigenvalue weighted by Gasteiger charge is 2.27. The van der Waals surface area contributed by atoms with Crippen LogP contribution in [-0.2, 0) is 21.8 Å². The van der Waals surface area contributed by atoms with Crippen molar-refractivity contribution in [2.75, 3.05) is 46.4 Å². The van der Waals surface area contributed by atoms with Gasteiger partial charge in [-0.1, -0.05) is 18.2 Å². The maximum absolute atomic E-state index is 13.5. The molecule has 0 radical (unpaired) electrons. The van der Waals surface area contributed by atoms with Gasteiger partial charge in [0.05, 0.1) is 28.1 Å². The van der Waals surface area contributed by atoms with E-state index in [1.54, 1.807) is 29.7 Å². The lowest BCUT2D eigenvalue weighted by atomic mass is 10.1. The Morgan fingerprint density at radius 1 is 1.00 bits per heavy atom. The Morgan fingerprint density at radius 2 is 1.88 bits per heavy atom. The summed E-state index contributed by atoms with van der Waals surface area (Å²) in [5.74, 6) is 0.778. The van der Waals surface area contributed by atoms with Gasteiger partial charge in [0.25, 0.3) is 0 Å². The predicted molar refractivity (Wildman–Crippen MR) is 133 cm³/mol. The minimum absolute atomic E-state index is 0.287. The standard InChI is InChI=1S/C25H29N5O3S/c1-28-24-9-8-21(34(31,32)30-12-4-11-29(13-14-30)15-16-33-2)18-23(24)27-25(28)20-7-6-19-5-3-10-26-22(19)17-20/h3,5-10,17-18H,4,11-16H2,1-2H3. The fraction of sp³-hybridized carbons (Fsp3) is 0.360. The van der Waals surface area contributed by atoms with Crippen molar-refractivity contribution >= 4 is 32.0 Å². The van der Waals surface area contributed by atoms with Crippen molar-refractivity contribution in [1.29, 1.82) is 0 Å². The van der Waals surface area contributed by atoms with Crippen LogP contribution in [0.5, 0.6) is 0 Å². The van der Waals surface area contributed by atoms with Crippen LogP contribution < -0.4 is 0 Å². The fourth-order valence-corrected chi connectivity index (χ4v) is 6.07. The smallest absolute Gasteiger partial charge is 0.243 e. The van der Waals surface area contributed by atoms with Crippen LogP contribution in [0.15, 0.2) is 59.6 Å². The second-order valence-electron chi connectivity index (χ2n) is 8.65. The van der Waals surface area contributed by atoms with Gasteiger partial charge >= 0.3 is 0 Å². The number of pyridine rings is 1. The van der Waals surface area contributed by atoms with Crippen molar-refractivity contribution in [3.8, 4) is 11.4 Å². The Bertz CT molecular complexity index is 1430. The number of fused-ring (bicyclic) bond motifs is 2. The molecule has 4 aromatic rings. The number of methoxy groups -OCH3 is 1. The highest BCUT2D eigenvalue weighted by atomic mass is 32.2. The van der Waals surface area contributed by atoms with Crippen LogP contribution in [0, 0.1) is 0 Å². The van der Waals surface area contributed by atoms with Crippen molar-refractivity contribution < 1.29 is 13.2 Å². The molecule has 2 aromatic heterocycles. The molecule has 34 heavy (non-hydrogen) atoms. The lowest BCUT2D eigenvalue weighted by molar-refractivity contribution is 0.151. The van der Waals surface area contributed by atoms with Crippen molar-refractivity contribution in [3.63, 3.8) is 0 Å². The van der Waals surface area contributed by atoms with Gasteiger partial charge < -0.3 is 9.30 Å². The summed E-state index contributed by atoms with van der Waals surface area (Å²) in [6.07, 6.45) is 2.58. The van der Waals surface area contributed by atoms with Gasteiger partial charge in [0.2, 0.25) is 10.0 Å². The van der Waals surface area contributed by atoms with E-state index in [0.717, 1.165) is 47.3 Å². The van der Waals surface area contributed by atoms with Crippen LogP contribution in [0.4, 0.5) is 0 Å². The molecule has 1 aliphatic heterocycles. The summed E-state index contributed by atoms with van der Waals surface area (Å²) in [6.45, 7) is 4.03. The zero-order valence-corrected chi connectivity index (χ0v) is 20.3. The molecule has 0 aliphatic carbocycles. The average molecular weight is 480 g/mol. The maximum atomic E-state index is 13.5. The van der Waals surface area contributed by atoms with E-state index < -0.39 is 10.0 Å². The molecule has 8 nitrogen and oxygen atoms in total. The molecule has 0 N–H and O–H groups in total. The summed E-state index contributed by atoms with van der Waals surface area (Å²) in [6, 6.07) is 15.2. The third kappa shape index (κ3) is 4.32. The van der Waals surface area contributed by atoms with Gasteiger partial charge in [-0.15, -0.1) is 0 Å². The van der Waals surface area contributed by atoms with Crippen LogP contribution in [0.25, 0.3) is 33.3 Å². The Morgan fingerprint density at radius 3 is 2.74 bits per heavy atom. The molecule has 3 heterocycles. The Hall–Kier alpha value is -2.85. The number of hydrogen-bond donors (Lipinski definition) is 0. The van der Waals surface area contributed by atoms with Gasteiger partial charge in [-0.25, -0.2) is 13.4 Å². The van der Waals surface area contributed by atoms with Gasteiger partial charge in [0, 0.05) is 57.5 Å². The first-order valence-corrected chi connectivity index (χ1v) is 12.9. The molecule has 0 amide bonds. The first-order valence-electron chi connectivity index (χ1n) is 11.5. The minimum atomic E-state index is -3.60. The largest absolute Gasteiger partial charge is 0.383 e. The molecule has 0 saturated carbocycles. The molecule has 178 valence electrons. The number of aromatic nitrogens is 3. The van der Waals surface area contributed by atoms with E-state index in [1.165, 1.54) is 0 Å². The maximum Gasteiger partial charge on any atom is 0.243 e. The van der Waals surface area contributed by atoms with E-state index in [2.05, 4.69) is 9.88 Å². The number of hydrogen-bond acceptors (Lipinski definition) is 6. The van der Waals surface area contributed by atoms with Gasteiger partial charge in [-0.3, -0.25) is 9.88 Å². The van der Waals surface area contributed by atoms with Crippen LogP contribution in [-0.4, -0.2) is 78.6 Å². The summed E-state index contributed by atoms with van der Waals surface area (Å²) in [5.41, 5.74) is 3.39. The number of rotatable bonds is 6. The van der Waals surface area contributed by atoms with Crippen molar-refractivity contribution in [3.05, 3.63) is 54.7 Å². The average Bonchev–Trinajstić information content (AvgIpc) is 3.02. The lowest BCUT2D eigenvalue weighted by Crippen LogP contribution is -2.36. The van der Waals surface area contributed by atoms with E-state index in [-0.39, 0.29) is 4.90 Å². The van der Waals surface area contributed by atoms with E-state index >= 15 is 0 Å². The normalized spacial score (nSPS) is 16.3. The summed E-state index contributed by atoms with van der Waals surface area (Å²) in [5, 5.41) is 1.07. The zero-order chi connectivity index (χ0) is 23.7. The van der Waals surface area contributed by atoms with E-state index in [9.17, 15) is 8.42 Å². The fourth-order valence-electron chi connectivity index (χ4n) is 4.58. The summed E-state index contributed by atoms with van der Waals surface area (Å²) >= 11 is 0. The van der Waals surface area contributed by atoms with Crippen molar-refractivity contribution in [1.82, 2.24) is 23.7 Å². The molecule has 9 heteroatoms. The third-order valence-electron chi connectivity index (χ3n) is 6.51. The summed E-state index contributed by atoms with van der Waals surface area (Å²) in [4.78, 5) is 11.8. The number of nitrogens with zero attached hydrogens (tertiary/aromatic N) is 5. The molecule has 0 atom stereocenters. The lowest BCUT2D eigenvalue weighted by Gasteiger charge is -2.21. The summed E-state index contributed by atoms with van der Waals surface area (Å²) in [7, 11) is 0.0328. The number of sulfonamides is 1. The van der Waals surface area contributed by atoms with Gasteiger partial charge in [-0.05, 0) is 43.3 Å². The first kappa shape index (κ1) is 22.9. The van der Waals surface area contributed by atoms with Crippen LogP contribution >= 0.6 is 0 Å². The highest BCUT2D eigenvalue weighted by molar-refractivity contribution is 7.89. The van der Waals surface area contributed by atoms with E-state index in [4.69, 9.17) is 9.72 Å². The van der Waals surface area contributed by atoms with Crippen LogP contribution in [0.3, 0.4) is 0 Å². The molecule has 1 saturated heterocycles. The van der Waals surface area contributed by atoms with Gasteiger partial charge in [0.1, 0.15) is 5.82 Å². The molecule has 1 aliphatic rings. The number of benzene rings is 2.